The molecular weight excluding hydrogens is 434 g/mol. The molecule has 0 unspecified atom stereocenters. The fourth-order valence-corrected chi connectivity index (χ4v) is 3.61. The highest BCUT2D eigenvalue weighted by Crippen LogP contribution is 2.26. The number of rotatable bonds is 4. The number of aliphatic hydroxyl groups is 1. The van der Waals surface area contributed by atoms with Crippen LogP contribution in [0.1, 0.15) is 76.2 Å². The number of hydrogen-bond donors (Lipinski definition) is 2. The monoisotopic (exact) mass is 467 g/mol. The number of benzene rings is 1. The van der Waals surface area contributed by atoms with Crippen molar-refractivity contribution in [3.63, 3.8) is 0 Å². The first kappa shape index (κ1) is 25.3. The summed E-state index contributed by atoms with van der Waals surface area (Å²) in [5.74, 6) is 5.56. The lowest BCUT2D eigenvalue weighted by molar-refractivity contribution is 0.0199. The summed E-state index contributed by atoms with van der Waals surface area (Å²) < 4.78 is 11.2. The van der Waals surface area contributed by atoms with Gasteiger partial charge in [-0.05, 0) is 78.0 Å². The Morgan fingerprint density at radius 3 is 2.29 bits per heavy atom. The van der Waals surface area contributed by atoms with Crippen molar-refractivity contribution in [2.24, 2.45) is 0 Å². The first-order valence-corrected chi connectivity index (χ1v) is 11.4. The Labute approximate surface area is 200 Å². The van der Waals surface area contributed by atoms with Gasteiger partial charge in [0, 0.05) is 24.7 Å². The van der Waals surface area contributed by atoms with Crippen molar-refractivity contribution in [2.75, 3.05) is 13.1 Å². The van der Waals surface area contributed by atoms with Gasteiger partial charge in [0.25, 0.3) is 5.91 Å². The molecule has 2 N–H and O–H groups in total. The van der Waals surface area contributed by atoms with Gasteiger partial charge in [0.05, 0.1) is 5.60 Å². The summed E-state index contributed by atoms with van der Waals surface area (Å²) >= 11 is 0. The van der Waals surface area contributed by atoms with Gasteiger partial charge in [-0.25, -0.2) is 4.79 Å². The standard InChI is InChI=1S/C26H33N3O5/c1-7-8-20-21(33-23(28-20)17-9-11-18(12-10-17)26(5,6)32)22(30)27-19-13-15-29(16-14-19)24(31)34-25(2,3)4/h9-12,19,32H,13-16H2,1-6H3,(H,27,30). The summed E-state index contributed by atoms with van der Waals surface area (Å²) in [4.78, 5) is 31.3. The zero-order chi connectivity index (χ0) is 25.1. The molecule has 1 aliphatic rings. The zero-order valence-electron chi connectivity index (χ0n) is 20.7. The van der Waals surface area contributed by atoms with Gasteiger partial charge in [0.15, 0.2) is 5.69 Å². The minimum atomic E-state index is -0.960. The van der Waals surface area contributed by atoms with Crippen molar-refractivity contribution >= 4 is 12.0 Å². The van der Waals surface area contributed by atoms with Gasteiger partial charge in [-0.15, -0.1) is 0 Å². The number of ether oxygens (including phenoxy) is 1. The molecule has 1 aliphatic heterocycles. The number of piperidine rings is 1. The minimum absolute atomic E-state index is 0.0606. The van der Waals surface area contributed by atoms with E-state index in [4.69, 9.17) is 9.15 Å². The second kappa shape index (κ2) is 9.90. The quantitative estimate of drug-likeness (QED) is 0.657. The number of hydrogen-bond acceptors (Lipinski definition) is 6. The van der Waals surface area contributed by atoms with Gasteiger partial charge in [-0.2, -0.15) is 4.98 Å². The first-order valence-electron chi connectivity index (χ1n) is 11.4. The molecule has 0 bridgehead atoms. The molecular formula is C26H33N3O5. The number of likely N-dealkylation sites (tertiary alicyclic amines) is 1. The van der Waals surface area contributed by atoms with E-state index in [2.05, 4.69) is 22.1 Å². The normalized spacial score (nSPS) is 14.9. The predicted octanol–water partition coefficient (Wildman–Crippen LogP) is 4.07. The van der Waals surface area contributed by atoms with Gasteiger partial charge < -0.3 is 24.5 Å². The Morgan fingerprint density at radius 1 is 1.15 bits per heavy atom. The molecule has 8 heteroatoms. The molecule has 34 heavy (non-hydrogen) atoms. The summed E-state index contributed by atoms with van der Waals surface area (Å²) in [6.45, 7) is 11.6. The summed E-state index contributed by atoms with van der Waals surface area (Å²) in [6.07, 6.45) is 0.881. The number of aromatic nitrogens is 1. The van der Waals surface area contributed by atoms with E-state index in [0.29, 0.717) is 31.5 Å². The van der Waals surface area contributed by atoms with Gasteiger partial charge in [0.2, 0.25) is 11.7 Å². The van der Waals surface area contributed by atoms with E-state index in [-0.39, 0.29) is 35.4 Å². The molecule has 1 aromatic heterocycles. The van der Waals surface area contributed by atoms with Gasteiger partial charge >= 0.3 is 6.09 Å². The lowest BCUT2D eigenvalue weighted by atomic mass is 9.97. The maximum Gasteiger partial charge on any atom is 0.410 e. The Balaban J connectivity index is 1.69. The van der Waals surface area contributed by atoms with E-state index in [1.165, 1.54) is 0 Å². The fourth-order valence-electron chi connectivity index (χ4n) is 3.61. The van der Waals surface area contributed by atoms with Crippen LogP contribution in [-0.2, 0) is 10.3 Å². The van der Waals surface area contributed by atoms with Crippen LogP contribution in [0.15, 0.2) is 28.7 Å². The third-order valence-corrected chi connectivity index (χ3v) is 5.40. The number of oxazole rings is 1. The van der Waals surface area contributed by atoms with E-state index < -0.39 is 11.2 Å². The van der Waals surface area contributed by atoms with Crippen LogP contribution in [0.3, 0.4) is 0 Å². The highest BCUT2D eigenvalue weighted by molar-refractivity contribution is 5.94. The Morgan fingerprint density at radius 2 is 1.76 bits per heavy atom. The topological polar surface area (TPSA) is 105 Å². The summed E-state index contributed by atoms with van der Waals surface area (Å²) in [7, 11) is 0. The molecule has 1 saturated heterocycles. The number of nitrogens with one attached hydrogen (secondary N) is 1. The largest absolute Gasteiger partial charge is 0.444 e. The molecule has 0 radical (unpaired) electrons. The SMILES string of the molecule is CC#Cc1nc(-c2ccc(C(C)(C)O)cc2)oc1C(=O)NC1CCN(C(=O)OC(C)(C)C)CC1. The van der Waals surface area contributed by atoms with Gasteiger partial charge in [-0.1, -0.05) is 18.1 Å². The molecule has 0 spiro atoms. The van der Waals surface area contributed by atoms with Crippen molar-refractivity contribution in [3.8, 4) is 23.3 Å². The Bertz CT molecular complexity index is 1090. The third kappa shape index (κ3) is 6.39. The average Bonchev–Trinajstić information content (AvgIpc) is 3.17. The van der Waals surface area contributed by atoms with E-state index >= 15 is 0 Å². The molecule has 8 nitrogen and oxygen atoms in total. The smallest absolute Gasteiger partial charge is 0.410 e. The highest BCUT2D eigenvalue weighted by atomic mass is 16.6. The molecule has 1 aromatic carbocycles. The van der Waals surface area contributed by atoms with Crippen molar-refractivity contribution in [1.29, 1.82) is 0 Å². The summed E-state index contributed by atoms with van der Waals surface area (Å²) in [5.41, 5.74) is 0.201. The van der Waals surface area contributed by atoms with E-state index in [0.717, 1.165) is 5.56 Å². The number of amides is 2. The van der Waals surface area contributed by atoms with Crippen LogP contribution in [-0.4, -0.2) is 51.7 Å². The number of carbonyl (C=O) groups is 2. The van der Waals surface area contributed by atoms with Gasteiger partial charge in [-0.3, -0.25) is 4.79 Å². The van der Waals surface area contributed by atoms with Crippen molar-refractivity contribution < 1.29 is 23.8 Å². The minimum Gasteiger partial charge on any atom is -0.444 e. The van der Waals surface area contributed by atoms with Crippen LogP contribution in [0.4, 0.5) is 4.79 Å². The summed E-state index contributed by atoms with van der Waals surface area (Å²) in [6, 6.07) is 7.06. The fraction of sp³-hybridized carbons (Fsp3) is 0.500. The lowest BCUT2D eigenvalue weighted by Crippen LogP contribution is -2.47. The second-order valence-corrected chi connectivity index (χ2v) is 9.92. The van der Waals surface area contributed by atoms with Crippen molar-refractivity contribution in [2.45, 2.75) is 71.6 Å². The molecule has 0 saturated carbocycles. The second-order valence-electron chi connectivity index (χ2n) is 9.92. The Kier molecular flexibility index (Phi) is 7.37. The number of carbonyl (C=O) groups excluding carboxylic acids is 2. The van der Waals surface area contributed by atoms with E-state index in [1.807, 2.05) is 20.8 Å². The lowest BCUT2D eigenvalue weighted by Gasteiger charge is -2.33. The molecule has 182 valence electrons. The molecule has 0 atom stereocenters. The molecule has 0 aliphatic carbocycles. The predicted molar refractivity (Wildman–Crippen MR) is 128 cm³/mol. The zero-order valence-corrected chi connectivity index (χ0v) is 20.7. The van der Waals surface area contributed by atoms with Crippen molar-refractivity contribution in [3.05, 3.63) is 41.3 Å². The first-order chi connectivity index (χ1) is 15.9. The Hall–Kier alpha value is -3.31. The molecule has 1 fully saturated rings. The van der Waals surface area contributed by atoms with Crippen LogP contribution in [0.2, 0.25) is 0 Å². The molecule has 2 aromatic rings. The third-order valence-electron chi connectivity index (χ3n) is 5.40. The van der Waals surface area contributed by atoms with Crippen molar-refractivity contribution in [1.82, 2.24) is 15.2 Å². The van der Waals surface area contributed by atoms with Crippen LogP contribution < -0.4 is 5.32 Å². The van der Waals surface area contributed by atoms with Crippen LogP contribution >= 0.6 is 0 Å². The van der Waals surface area contributed by atoms with Crippen LogP contribution in [0.25, 0.3) is 11.5 Å². The molecule has 3 rings (SSSR count). The van der Waals surface area contributed by atoms with E-state index in [1.54, 1.807) is 49.9 Å². The van der Waals surface area contributed by atoms with Crippen LogP contribution in [0.5, 0.6) is 0 Å². The highest BCUT2D eigenvalue weighted by Gasteiger charge is 2.29. The van der Waals surface area contributed by atoms with Gasteiger partial charge in [0.1, 0.15) is 5.60 Å². The molecule has 2 amide bonds. The van der Waals surface area contributed by atoms with Crippen LogP contribution in [0, 0.1) is 11.8 Å². The summed E-state index contributed by atoms with van der Waals surface area (Å²) in [5, 5.41) is 13.1. The van der Waals surface area contributed by atoms with E-state index in [9.17, 15) is 14.7 Å². The maximum absolute atomic E-state index is 13.0. The molecule has 2 heterocycles. The average molecular weight is 468 g/mol. The number of nitrogens with zero attached hydrogens (tertiary/aromatic N) is 2. The maximum atomic E-state index is 13.0.